The number of hydrogen-bond donors (Lipinski definition) is 1. The molecule has 3 heteroatoms. The minimum atomic E-state index is 0.448. The molecule has 2 N–H and O–H groups in total. The van der Waals surface area contributed by atoms with Crippen LogP contribution in [-0.4, -0.2) is 43.3 Å². The molecule has 1 aliphatic carbocycles. The highest BCUT2D eigenvalue weighted by atomic mass is 16.5. The lowest BCUT2D eigenvalue weighted by molar-refractivity contribution is -0.0531. The predicted molar refractivity (Wildman–Crippen MR) is 75.5 cm³/mol. The van der Waals surface area contributed by atoms with Gasteiger partial charge in [-0.05, 0) is 51.1 Å². The highest BCUT2D eigenvalue weighted by molar-refractivity contribution is 4.89. The summed E-state index contributed by atoms with van der Waals surface area (Å²) in [6.45, 7) is 6.32. The number of nitrogens with two attached hydrogens (primary N) is 1. The molecule has 2 fully saturated rings. The molecule has 106 valence electrons. The molecule has 1 heterocycles. The van der Waals surface area contributed by atoms with Crippen LogP contribution in [0.5, 0.6) is 0 Å². The molecule has 4 atom stereocenters. The number of ether oxygens (including phenoxy) is 1. The fourth-order valence-electron chi connectivity index (χ4n) is 3.74. The fourth-order valence-corrected chi connectivity index (χ4v) is 3.74. The molecule has 18 heavy (non-hydrogen) atoms. The summed E-state index contributed by atoms with van der Waals surface area (Å²) in [5.74, 6) is 1.35. The second-order valence-electron chi connectivity index (χ2n) is 6.49. The summed E-state index contributed by atoms with van der Waals surface area (Å²) in [7, 11) is 2.31. The molecule has 0 aromatic heterocycles. The molecule has 1 saturated carbocycles. The van der Waals surface area contributed by atoms with E-state index in [2.05, 4.69) is 25.8 Å². The monoisotopic (exact) mass is 254 g/mol. The molecular weight excluding hydrogens is 224 g/mol. The smallest absolute Gasteiger partial charge is 0.0612 e. The largest absolute Gasteiger partial charge is 0.378 e. The van der Waals surface area contributed by atoms with Crippen molar-refractivity contribution in [2.45, 2.75) is 64.1 Å². The van der Waals surface area contributed by atoms with E-state index in [4.69, 9.17) is 10.5 Å². The maximum Gasteiger partial charge on any atom is 0.0612 e. The van der Waals surface area contributed by atoms with Crippen LogP contribution in [0.2, 0.25) is 0 Å². The van der Waals surface area contributed by atoms with E-state index in [0.717, 1.165) is 19.1 Å². The van der Waals surface area contributed by atoms with Gasteiger partial charge in [0.2, 0.25) is 0 Å². The van der Waals surface area contributed by atoms with Gasteiger partial charge >= 0.3 is 0 Å². The Hall–Kier alpha value is -0.120. The Balaban J connectivity index is 1.93. The van der Waals surface area contributed by atoms with Gasteiger partial charge in [0.15, 0.2) is 0 Å². The molecule has 0 aromatic rings. The Labute approximate surface area is 112 Å². The summed E-state index contributed by atoms with van der Waals surface area (Å²) in [6.07, 6.45) is 6.84. The lowest BCUT2D eigenvalue weighted by Crippen LogP contribution is -2.48. The van der Waals surface area contributed by atoms with Gasteiger partial charge in [-0.15, -0.1) is 0 Å². The molecule has 2 rings (SSSR count). The zero-order chi connectivity index (χ0) is 13.1. The first kappa shape index (κ1) is 14.3. The van der Waals surface area contributed by atoms with Crippen molar-refractivity contribution in [1.29, 1.82) is 0 Å². The van der Waals surface area contributed by atoms with Gasteiger partial charge in [0, 0.05) is 18.7 Å². The van der Waals surface area contributed by atoms with Crippen LogP contribution in [0.25, 0.3) is 0 Å². The number of hydrogen-bond acceptors (Lipinski definition) is 3. The van der Waals surface area contributed by atoms with Crippen LogP contribution in [0.1, 0.15) is 46.0 Å². The van der Waals surface area contributed by atoms with Crippen LogP contribution in [0.4, 0.5) is 0 Å². The van der Waals surface area contributed by atoms with Crippen LogP contribution < -0.4 is 5.73 Å². The average Bonchev–Trinajstić information content (AvgIpc) is 2.86. The predicted octanol–water partition coefficient (Wildman–Crippen LogP) is 2.25. The van der Waals surface area contributed by atoms with Crippen molar-refractivity contribution in [3.63, 3.8) is 0 Å². The summed E-state index contributed by atoms with van der Waals surface area (Å²) in [6, 6.07) is 1.41. The van der Waals surface area contributed by atoms with Crippen molar-refractivity contribution in [1.82, 2.24) is 4.90 Å². The third-order valence-corrected chi connectivity index (χ3v) is 5.05. The maximum atomic E-state index is 5.92. The van der Waals surface area contributed by atoms with E-state index in [9.17, 15) is 0 Å². The SMILES string of the molecule is CC(C)C1CC(N(C)C2CCCC2CN)CCO1. The molecule has 0 aromatic carbocycles. The highest BCUT2D eigenvalue weighted by Gasteiger charge is 2.35. The van der Waals surface area contributed by atoms with E-state index < -0.39 is 0 Å². The van der Waals surface area contributed by atoms with Crippen LogP contribution in [-0.2, 0) is 4.74 Å². The Morgan fingerprint density at radius 1 is 1.28 bits per heavy atom. The topological polar surface area (TPSA) is 38.5 Å². The summed E-state index contributed by atoms with van der Waals surface area (Å²) in [5.41, 5.74) is 5.92. The number of nitrogens with zero attached hydrogens (tertiary/aromatic N) is 1. The van der Waals surface area contributed by atoms with Crippen LogP contribution >= 0.6 is 0 Å². The molecule has 0 amide bonds. The molecule has 0 bridgehead atoms. The van der Waals surface area contributed by atoms with Gasteiger partial charge in [-0.25, -0.2) is 0 Å². The van der Waals surface area contributed by atoms with Crippen molar-refractivity contribution in [2.24, 2.45) is 17.6 Å². The lowest BCUT2D eigenvalue weighted by atomic mass is 9.92. The van der Waals surface area contributed by atoms with E-state index in [1.165, 1.54) is 32.1 Å². The summed E-state index contributed by atoms with van der Waals surface area (Å²) >= 11 is 0. The molecule has 2 aliphatic rings. The Kier molecular flexibility index (Phi) is 5.05. The minimum Gasteiger partial charge on any atom is -0.378 e. The van der Waals surface area contributed by atoms with Crippen molar-refractivity contribution >= 4 is 0 Å². The lowest BCUT2D eigenvalue weighted by Gasteiger charge is -2.41. The Bertz CT molecular complexity index is 257. The van der Waals surface area contributed by atoms with Crippen LogP contribution in [0.3, 0.4) is 0 Å². The van der Waals surface area contributed by atoms with Crippen LogP contribution in [0.15, 0.2) is 0 Å². The third kappa shape index (κ3) is 3.06. The van der Waals surface area contributed by atoms with Crippen molar-refractivity contribution in [3.05, 3.63) is 0 Å². The van der Waals surface area contributed by atoms with Gasteiger partial charge in [0.1, 0.15) is 0 Å². The first-order chi connectivity index (χ1) is 8.63. The van der Waals surface area contributed by atoms with Gasteiger partial charge in [-0.3, -0.25) is 4.90 Å². The molecule has 4 unspecified atom stereocenters. The molecule has 3 nitrogen and oxygen atoms in total. The molecule has 1 saturated heterocycles. The van der Waals surface area contributed by atoms with Crippen LogP contribution in [0, 0.1) is 11.8 Å². The molecular formula is C15H30N2O. The van der Waals surface area contributed by atoms with E-state index in [1.54, 1.807) is 0 Å². The average molecular weight is 254 g/mol. The van der Waals surface area contributed by atoms with E-state index >= 15 is 0 Å². The molecule has 0 radical (unpaired) electrons. The van der Waals surface area contributed by atoms with Gasteiger partial charge in [0.25, 0.3) is 0 Å². The minimum absolute atomic E-state index is 0.448. The van der Waals surface area contributed by atoms with Gasteiger partial charge in [-0.2, -0.15) is 0 Å². The first-order valence-corrected chi connectivity index (χ1v) is 7.67. The zero-order valence-corrected chi connectivity index (χ0v) is 12.3. The molecule has 1 aliphatic heterocycles. The normalized spacial score (nSPS) is 37.7. The quantitative estimate of drug-likeness (QED) is 0.836. The second kappa shape index (κ2) is 6.36. The first-order valence-electron chi connectivity index (χ1n) is 7.67. The highest BCUT2D eigenvalue weighted by Crippen LogP contribution is 2.33. The van der Waals surface area contributed by atoms with E-state index in [1.807, 2.05) is 0 Å². The van der Waals surface area contributed by atoms with Gasteiger partial charge in [-0.1, -0.05) is 20.3 Å². The standard InChI is InChI=1S/C15H30N2O/c1-11(2)15-9-13(7-8-18-15)17(3)14-6-4-5-12(14)10-16/h11-15H,4-10,16H2,1-3H3. The van der Waals surface area contributed by atoms with E-state index in [0.29, 0.717) is 24.1 Å². The second-order valence-corrected chi connectivity index (χ2v) is 6.49. The summed E-state index contributed by atoms with van der Waals surface area (Å²) in [4.78, 5) is 2.63. The summed E-state index contributed by atoms with van der Waals surface area (Å²) in [5, 5.41) is 0. The van der Waals surface area contributed by atoms with Crippen molar-refractivity contribution in [2.75, 3.05) is 20.2 Å². The van der Waals surface area contributed by atoms with E-state index in [-0.39, 0.29) is 0 Å². The zero-order valence-electron chi connectivity index (χ0n) is 12.3. The van der Waals surface area contributed by atoms with Gasteiger partial charge < -0.3 is 10.5 Å². The number of rotatable bonds is 4. The fraction of sp³-hybridized carbons (Fsp3) is 1.00. The summed E-state index contributed by atoms with van der Waals surface area (Å²) < 4.78 is 5.88. The third-order valence-electron chi connectivity index (χ3n) is 5.05. The maximum absolute atomic E-state index is 5.92. The van der Waals surface area contributed by atoms with Crippen molar-refractivity contribution in [3.8, 4) is 0 Å². The van der Waals surface area contributed by atoms with Gasteiger partial charge in [0.05, 0.1) is 6.10 Å². The Morgan fingerprint density at radius 2 is 2.06 bits per heavy atom. The Morgan fingerprint density at radius 3 is 2.72 bits per heavy atom. The van der Waals surface area contributed by atoms with Crippen molar-refractivity contribution < 1.29 is 4.74 Å². The molecule has 0 spiro atoms.